The van der Waals surface area contributed by atoms with Crippen LogP contribution in [0.1, 0.15) is 18.1 Å². The van der Waals surface area contributed by atoms with Crippen molar-refractivity contribution in [3.05, 3.63) is 29.8 Å². The second-order valence-electron chi connectivity index (χ2n) is 3.75. The Kier molecular flexibility index (Phi) is 4.31. The van der Waals surface area contributed by atoms with Gasteiger partial charge in [-0.2, -0.15) is 0 Å². The van der Waals surface area contributed by atoms with Crippen LogP contribution >= 0.6 is 0 Å². The lowest BCUT2D eigenvalue weighted by molar-refractivity contribution is -0.142. The quantitative estimate of drug-likeness (QED) is 0.783. The van der Waals surface area contributed by atoms with Gasteiger partial charge in [-0.15, -0.1) is 0 Å². The average molecular weight is 223 g/mol. The summed E-state index contributed by atoms with van der Waals surface area (Å²) in [5.41, 5.74) is 1.64. The smallest absolute Gasteiger partial charge is 0.308 e. The van der Waals surface area contributed by atoms with Gasteiger partial charge in [0.1, 0.15) is 0 Å². The molecule has 0 amide bonds. The second-order valence-corrected chi connectivity index (χ2v) is 3.75. The highest BCUT2D eigenvalue weighted by Crippen LogP contribution is 2.26. The summed E-state index contributed by atoms with van der Waals surface area (Å²) in [6, 6.07) is 7.44. The monoisotopic (exact) mass is 223 g/mol. The van der Waals surface area contributed by atoms with E-state index < -0.39 is 12.1 Å². The standard InChI is InChI=1S/C12H17NO3/c1-13(2)10-7-5-4-6-9(10)11(14)8-12(15)16-3/h4-7,11,14H,8H2,1-3H3/t11-/m0/s1. The predicted octanol–water partition coefficient (Wildman–Crippen LogP) is 1.35. The highest BCUT2D eigenvalue weighted by Gasteiger charge is 2.16. The van der Waals surface area contributed by atoms with E-state index in [0.29, 0.717) is 0 Å². The first-order valence-electron chi connectivity index (χ1n) is 5.07. The SMILES string of the molecule is COC(=O)C[C@H](O)c1ccccc1N(C)C. The Morgan fingerprint density at radius 1 is 1.44 bits per heavy atom. The molecule has 0 aromatic heterocycles. The van der Waals surface area contributed by atoms with Crippen LogP contribution in [0, 0.1) is 0 Å². The molecule has 16 heavy (non-hydrogen) atoms. The van der Waals surface area contributed by atoms with Crippen LogP contribution in [0.15, 0.2) is 24.3 Å². The number of aliphatic hydroxyl groups is 1. The first kappa shape index (κ1) is 12.5. The fraction of sp³-hybridized carbons (Fsp3) is 0.417. The molecule has 0 bridgehead atoms. The molecular formula is C12H17NO3. The summed E-state index contributed by atoms with van der Waals surface area (Å²) in [5.74, 6) is -0.416. The zero-order chi connectivity index (χ0) is 12.1. The van der Waals surface area contributed by atoms with Crippen LogP contribution in [0.2, 0.25) is 0 Å². The van der Waals surface area contributed by atoms with Gasteiger partial charge < -0.3 is 14.7 Å². The van der Waals surface area contributed by atoms with Crippen molar-refractivity contribution in [3.63, 3.8) is 0 Å². The third kappa shape index (κ3) is 2.97. The number of ether oxygens (including phenoxy) is 1. The van der Waals surface area contributed by atoms with Gasteiger partial charge in [-0.3, -0.25) is 4.79 Å². The van der Waals surface area contributed by atoms with E-state index >= 15 is 0 Å². The van der Waals surface area contributed by atoms with Gasteiger partial charge in [0.2, 0.25) is 0 Å². The number of hydrogen-bond donors (Lipinski definition) is 1. The molecule has 1 aromatic rings. The maximum atomic E-state index is 11.1. The largest absolute Gasteiger partial charge is 0.469 e. The van der Waals surface area contributed by atoms with Crippen LogP contribution in [-0.2, 0) is 9.53 Å². The maximum Gasteiger partial charge on any atom is 0.308 e. The number of rotatable bonds is 4. The lowest BCUT2D eigenvalue weighted by Crippen LogP contribution is -2.15. The first-order valence-corrected chi connectivity index (χ1v) is 5.07. The molecule has 88 valence electrons. The lowest BCUT2D eigenvalue weighted by Gasteiger charge is -2.20. The summed E-state index contributed by atoms with van der Waals surface area (Å²) in [4.78, 5) is 13.0. The molecule has 4 heteroatoms. The Morgan fingerprint density at radius 3 is 2.62 bits per heavy atom. The van der Waals surface area contributed by atoms with E-state index in [0.717, 1.165) is 11.3 Å². The third-order valence-electron chi connectivity index (χ3n) is 2.37. The molecule has 4 nitrogen and oxygen atoms in total. The summed E-state index contributed by atoms with van der Waals surface area (Å²) < 4.78 is 4.53. The highest BCUT2D eigenvalue weighted by molar-refractivity contribution is 5.70. The number of esters is 1. The van der Waals surface area contributed by atoms with Crippen LogP contribution in [0.3, 0.4) is 0 Å². The van der Waals surface area contributed by atoms with E-state index in [9.17, 15) is 9.90 Å². The van der Waals surface area contributed by atoms with Gasteiger partial charge in [-0.1, -0.05) is 18.2 Å². The van der Waals surface area contributed by atoms with Crippen molar-refractivity contribution in [2.24, 2.45) is 0 Å². The molecule has 1 N–H and O–H groups in total. The second kappa shape index (κ2) is 5.51. The molecule has 1 aromatic carbocycles. The van der Waals surface area contributed by atoms with E-state index in [-0.39, 0.29) is 6.42 Å². The minimum absolute atomic E-state index is 0.0264. The fourth-order valence-electron chi connectivity index (χ4n) is 1.53. The van der Waals surface area contributed by atoms with Crippen molar-refractivity contribution in [2.75, 3.05) is 26.1 Å². The molecule has 0 spiro atoms. The van der Waals surface area contributed by atoms with Crippen LogP contribution in [-0.4, -0.2) is 32.3 Å². The Balaban J connectivity index is 2.90. The molecule has 0 aliphatic carbocycles. The predicted molar refractivity (Wildman–Crippen MR) is 62.4 cm³/mol. The van der Waals surface area contributed by atoms with Gasteiger partial charge in [0.05, 0.1) is 19.6 Å². The van der Waals surface area contributed by atoms with E-state index in [1.807, 2.05) is 43.3 Å². The number of methoxy groups -OCH3 is 1. The Bertz CT molecular complexity index is 363. The van der Waals surface area contributed by atoms with Gasteiger partial charge in [0, 0.05) is 25.3 Å². The minimum atomic E-state index is -0.828. The van der Waals surface area contributed by atoms with Crippen molar-refractivity contribution in [1.29, 1.82) is 0 Å². The first-order chi connectivity index (χ1) is 7.56. The molecule has 0 aliphatic heterocycles. The number of para-hydroxylation sites is 1. The number of carbonyl (C=O) groups excluding carboxylic acids is 1. The van der Waals surface area contributed by atoms with Crippen LogP contribution < -0.4 is 4.90 Å². The zero-order valence-corrected chi connectivity index (χ0v) is 9.80. The van der Waals surface area contributed by atoms with Crippen molar-refractivity contribution < 1.29 is 14.6 Å². The molecule has 0 unspecified atom stereocenters. The van der Waals surface area contributed by atoms with Gasteiger partial charge in [-0.25, -0.2) is 0 Å². The highest BCUT2D eigenvalue weighted by atomic mass is 16.5. The summed E-state index contributed by atoms with van der Waals surface area (Å²) in [6.45, 7) is 0. The maximum absolute atomic E-state index is 11.1. The molecule has 1 rings (SSSR count). The number of carbonyl (C=O) groups is 1. The Morgan fingerprint density at radius 2 is 2.06 bits per heavy atom. The van der Waals surface area contributed by atoms with Crippen LogP contribution in [0.5, 0.6) is 0 Å². The number of nitrogens with zero attached hydrogens (tertiary/aromatic N) is 1. The summed E-state index contributed by atoms with van der Waals surface area (Å²) in [7, 11) is 5.10. The fourth-order valence-corrected chi connectivity index (χ4v) is 1.53. The minimum Gasteiger partial charge on any atom is -0.469 e. The number of anilines is 1. The van der Waals surface area contributed by atoms with E-state index in [4.69, 9.17) is 0 Å². The van der Waals surface area contributed by atoms with Crippen LogP contribution in [0.4, 0.5) is 5.69 Å². The Hall–Kier alpha value is -1.55. The topological polar surface area (TPSA) is 49.8 Å². The number of aliphatic hydroxyl groups excluding tert-OH is 1. The van der Waals surface area contributed by atoms with Crippen LogP contribution in [0.25, 0.3) is 0 Å². The zero-order valence-electron chi connectivity index (χ0n) is 9.80. The van der Waals surface area contributed by atoms with Gasteiger partial charge in [-0.05, 0) is 6.07 Å². The molecule has 1 atom stereocenters. The number of benzene rings is 1. The van der Waals surface area contributed by atoms with Gasteiger partial charge in [0.15, 0.2) is 0 Å². The van der Waals surface area contributed by atoms with Crippen molar-refractivity contribution in [1.82, 2.24) is 0 Å². The number of hydrogen-bond acceptors (Lipinski definition) is 4. The van der Waals surface area contributed by atoms with E-state index in [1.54, 1.807) is 0 Å². The van der Waals surface area contributed by atoms with Gasteiger partial charge >= 0.3 is 5.97 Å². The summed E-state index contributed by atoms with van der Waals surface area (Å²) in [6.07, 6.45) is -0.854. The Labute approximate surface area is 95.5 Å². The average Bonchev–Trinajstić information content (AvgIpc) is 2.28. The lowest BCUT2D eigenvalue weighted by atomic mass is 10.0. The third-order valence-corrected chi connectivity index (χ3v) is 2.37. The van der Waals surface area contributed by atoms with Crippen molar-refractivity contribution in [2.45, 2.75) is 12.5 Å². The van der Waals surface area contributed by atoms with Crippen molar-refractivity contribution >= 4 is 11.7 Å². The summed E-state index contributed by atoms with van der Waals surface area (Å²) >= 11 is 0. The molecule has 0 saturated carbocycles. The summed E-state index contributed by atoms with van der Waals surface area (Å²) in [5, 5.41) is 9.92. The molecule has 0 radical (unpaired) electrons. The molecule has 0 aliphatic rings. The van der Waals surface area contributed by atoms with E-state index in [1.165, 1.54) is 7.11 Å². The van der Waals surface area contributed by atoms with E-state index in [2.05, 4.69) is 4.74 Å². The molecule has 0 fully saturated rings. The molecular weight excluding hydrogens is 206 g/mol. The molecule has 0 heterocycles. The van der Waals surface area contributed by atoms with Gasteiger partial charge in [0.25, 0.3) is 0 Å². The van der Waals surface area contributed by atoms with Crippen molar-refractivity contribution in [3.8, 4) is 0 Å². The molecule has 0 saturated heterocycles. The normalized spacial score (nSPS) is 12.0.